The first-order valence-electron chi connectivity index (χ1n) is 9.06. The third-order valence-corrected chi connectivity index (χ3v) is 5.44. The zero-order valence-electron chi connectivity index (χ0n) is 15.4. The first-order valence-corrected chi connectivity index (χ1v) is 9.94. The second-order valence-electron chi connectivity index (χ2n) is 6.43. The molecule has 0 aliphatic carbocycles. The van der Waals surface area contributed by atoms with Crippen LogP contribution in [0, 0.1) is 0 Å². The molecule has 3 rings (SSSR count). The number of nitrogens with one attached hydrogen (secondary N) is 1. The van der Waals surface area contributed by atoms with Crippen LogP contribution >= 0.6 is 11.3 Å². The number of carbonyl (C=O) groups excluding carboxylic acids is 1. The van der Waals surface area contributed by atoms with E-state index in [1.165, 1.54) is 11.3 Å². The Morgan fingerprint density at radius 1 is 1.56 bits per heavy atom. The Morgan fingerprint density at radius 3 is 3.22 bits per heavy atom. The maximum Gasteiger partial charge on any atom is 0.323 e. The van der Waals surface area contributed by atoms with Crippen molar-refractivity contribution in [3.63, 3.8) is 0 Å². The van der Waals surface area contributed by atoms with Crippen LogP contribution in [0.15, 0.2) is 29.8 Å². The molecule has 2 aromatic rings. The average molecular weight is 394 g/mol. The second kappa shape index (κ2) is 9.84. The summed E-state index contributed by atoms with van der Waals surface area (Å²) in [5.74, 6) is 0.515. The summed E-state index contributed by atoms with van der Waals surface area (Å²) in [5, 5.41) is 19.6. The molecule has 1 fully saturated rings. The second-order valence-corrected chi connectivity index (χ2v) is 7.41. The van der Waals surface area contributed by atoms with Gasteiger partial charge in [-0.15, -0.1) is 11.3 Å². The number of thiophene rings is 1. The van der Waals surface area contributed by atoms with Crippen molar-refractivity contribution in [3.8, 4) is 0 Å². The maximum atomic E-state index is 12.7. The van der Waals surface area contributed by atoms with Crippen LogP contribution in [0.25, 0.3) is 0 Å². The highest BCUT2D eigenvalue weighted by Crippen LogP contribution is 2.26. The van der Waals surface area contributed by atoms with E-state index in [0.717, 1.165) is 17.8 Å². The minimum absolute atomic E-state index is 0.181. The molecule has 0 bridgehead atoms. The highest BCUT2D eigenvalue weighted by Gasteiger charge is 2.30. The zero-order chi connectivity index (χ0) is 19.1. The number of aliphatic hydroxyl groups is 1. The summed E-state index contributed by atoms with van der Waals surface area (Å²) >= 11 is 1.51. The molecule has 0 unspecified atom stereocenters. The number of aliphatic hydroxyl groups excluding tert-OH is 1. The summed E-state index contributed by atoms with van der Waals surface area (Å²) in [6.45, 7) is 2.80. The van der Waals surface area contributed by atoms with Crippen LogP contribution in [0.4, 0.5) is 10.6 Å². The van der Waals surface area contributed by atoms with Gasteiger partial charge < -0.3 is 19.5 Å². The normalized spacial score (nSPS) is 18.4. The topological polar surface area (TPSA) is 88.9 Å². The molecular weight excluding hydrogens is 368 g/mol. The summed E-state index contributed by atoms with van der Waals surface area (Å²) in [7, 11) is 1.67. The van der Waals surface area contributed by atoms with E-state index in [4.69, 9.17) is 9.47 Å². The summed E-state index contributed by atoms with van der Waals surface area (Å²) in [6.07, 6.45) is 2.53. The van der Waals surface area contributed by atoms with Crippen LogP contribution in [-0.2, 0) is 16.0 Å². The van der Waals surface area contributed by atoms with Gasteiger partial charge >= 0.3 is 6.03 Å². The molecular formula is C18H26N4O4S. The lowest BCUT2D eigenvalue weighted by atomic mass is 10.1. The summed E-state index contributed by atoms with van der Waals surface area (Å²) in [4.78, 5) is 15.4. The maximum absolute atomic E-state index is 12.7. The first-order chi connectivity index (χ1) is 13.2. The third-order valence-electron chi connectivity index (χ3n) is 4.47. The highest BCUT2D eigenvalue weighted by atomic mass is 32.1. The van der Waals surface area contributed by atoms with Crippen molar-refractivity contribution in [2.75, 3.05) is 38.8 Å². The van der Waals surface area contributed by atoms with Gasteiger partial charge in [0.25, 0.3) is 0 Å². The number of aromatic nitrogens is 2. The lowest BCUT2D eigenvalue weighted by molar-refractivity contribution is -0.00384. The van der Waals surface area contributed by atoms with E-state index >= 15 is 0 Å². The van der Waals surface area contributed by atoms with Gasteiger partial charge in [0.15, 0.2) is 5.82 Å². The summed E-state index contributed by atoms with van der Waals surface area (Å²) in [5.41, 5.74) is 0. The third kappa shape index (κ3) is 5.52. The number of anilines is 1. The molecule has 0 spiro atoms. The van der Waals surface area contributed by atoms with E-state index in [9.17, 15) is 9.90 Å². The van der Waals surface area contributed by atoms with Crippen molar-refractivity contribution in [1.29, 1.82) is 0 Å². The molecule has 0 radical (unpaired) electrons. The Labute approximate surface area is 162 Å². The van der Waals surface area contributed by atoms with E-state index in [1.807, 2.05) is 23.7 Å². The molecule has 1 aliphatic heterocycles. The van der Waals surface area contributed by atoms with E-state index in [2.05, 4.69) is 10.4 Å². The van der Waals surface area contributed by atoms with Gasteiger partial charge in [-0.1, -0.05) is 6.07 Å². The fourth-order valence-electron chi connectivity index (χ4n) is 3.08. The Kier molecular flexibility index (Phi) is 7.22. The summed E-state index contributed by atoms with van der Waals surface area (Å²) in [6, 6.07) is 5.19. The van der Waals surface area contributed by atoms with Gasteiger partial charge in [0.05, 0.1) is 25.4 Å². The predicted octanol–water partition coefficient (Wildman–Crippen LogP) is 2.34. The van der Waals surface area contributed by atoms with Crippen LogP contribution in [0.5, 0.6) is 0 Å². The van der Waals surface area contributed by atoms with E-state index in [-0.39, 0.29) is 12.1 Å². The summed E-state index contributed by atoms with van der Waals surface area (Å²) < 4.78 is 12.3. The van der Waals surface area contributed by atoms with E-state index in [0.29, 0.717) is 38.6 Å². The fraction of sp³-hybridized carbons (Fsp3) is 0.556. The number of hydrogen-bond acceptors (Lipinski definition) is 6. The van der Waals surface area contributed by atoms with Crippen molar-refractivity contribution in [3.05, 3.63) is 34.7 Å². The number of ether oxygens (including phenoxy) is 2. The number of urea groups is 1. The Morgan fingerprint density at radius 2 is 2.44 bits per heavy atom. The monoisotopic (exact) mass is 394 g/mol. The SMILES string of the molecule is COCCCn1ccc(NC(=O)N2CCOC[C@@H]2C[C@@H](O)c2cccs2)n1. The first kappa shape index (κ1) is 19.8. The molecule has 9 heteroatoms. The predicted molar refractivity (Wildman–Crippen MR) is 103 cm³/mol. The average Bonchev–Trinajstić information content (AvgIpc) is 3.34. The fourth-order valence-corrected chi connectivity index (χ4v) is 3.80. The Balaban J connectivity index is 1.56. The Bertz CT molecular complexity index is 706. The van der Waals surface area contributed by atoms with Gasteiger partial charge in [-0.2, -0.15) is 5.10 Å². The molecule has 0 saturated carbocycles. The molecule has 2 amide bonds. The molecule has 27 heavy (non-hydrogen) atoms. The molecule has 2 aromatic heterocycles. The van der Waals surface area contributed by atoms with Gasteiger partial charge in [0, 0.05) is 50.4 Å². The molecule has 8 nitrogen and oxygen atoms in total. The Hall–Kier alpha value is -1.94. The molecule has 1 saturated heterocycles. The van der Waals surface area contributed by atoms with E-state index < -0.39 is 6.10 Å². The number of aryl methyl sites for hydroxylation is 1. The van der Waals surface area contributed by atoms with Crippen molar-refractivity contribution in [1.82, 2.24) is 14.7 Å². The van der Waals surface area contributed by atoms with Crippen LogP contribution in [0.3, 0.4) is 0 Å². The molecule has 2 N–H and O–H groups in total. The largest absolute Gasteiger partial charge is 0.387 e. The smallest absolute Gasteiger partial charge is 0.323 e. The number of carbonyl (C=O) groups is 1. The molecule has 3 heterocycles. The van der Waals surface area contributed by atoms with Crippen LogP contribution in [-0.4, -0.2) is 65.3 Å². The highest BCUT2D eigenvalue weighted by molar-refractivity contribution is 7.10. The quantitative estimate of drug-likeness (QED) is 0.671. The van der Waals surface area contributed by atoms with Gasteiger partial charge in [-0.3, -0.25) is 10.00 Å². The van der Waals surface area contributed by atoms with Gasteiger partial charge in [0.2, 0.25) is 0 Å². The minimum atomic E-state index is -0.605. The zero-order valence-corrected chi connectivity index (χ0v) is 16.2. The van der Waals surface area contributed by atoms with Gasteiger partial charge in [-0.05, 0) is 17.9 Å². The number of hydrogen-bond donors (Lipinski definition) is 2. The number of rotatable bonds is 8. The van der Waals surface area contributed by atoms with Crippen molar-refractivity contribution < 1.29 is 19.4 Å². The van der Waals surface area contributed by atoms with Gasteiger partial charge in [0.1, 0.15) is 0 Å². The molecule has 2 atom stereocenters. The number of nitrogens with zero attached hydrogens (tertiary/aromatic N) is 3. The standard InChI is InChI=1S/C18H26N4O4S/c1-25-9-3-6-21-7-5-17(20-21)19-18(24)22-8-10-26-13-14(22)12-15(23)16-4-2-11-27-16/h2,4-5,7,11,14-15,23H,3,6,8-10,12-13H2,1H3,(H,19,20,24)/t14-,15+/m0/s1. The number of methoxy groups -OCH3 is 1. The van der Waals surface area contributed by atoms with E-state index in [1.54, 1.807) is 22.8 Å². The van der Waals surface area contributed by atoms with Crippen molar-refractivity contribution in [2.24, 2.45) is 0 Å². The van der Waals surface area contributed by atoms with Crippen LogP contribution in [0.1, 0.15) is 23.8 Å². The van der Waals surface area contributed by atoms with Gasteiger partial charge in [-0.25, -0.2) is 4.79 Å². The van der Waals surface area contributed by atoms with Crippen molar-refractivity contribution in [2.45, 2.75) is 31.5 Å². The van der Waals surface area contributed by atoms with Crippen LogP contribution < -0.4 is 5.32 Å². The molecule has 0 aromatic carbocycles. The van der Waals surface area contributed by atoms with Crippen molar-refractivity contribution >= 4 is 23.2 Å². The number of morpholine rings is 1. The lowest BCUT2D eigenvalue weighted by Crippen LogP contribution is -2.50. The minimum Gasteiger partial charge on any atom is -0.387 e. The van der Waals surface area contributed by atoms with Crippen LogP contribution in [0.2, 0.25) is 0 Å². The molecule has 148 valence electrons. The molecule has 1 aliphatic rings. The lowest BCUT2D eigenvalue weighted by Gasteiger charge is -2.36. The number of amides is 2.